The summed E-state index contributed by atoms with van der Waals surface area (Å²) in [6.45, 7) is 0. The van der Waals surface area contributed by atoms with Crippen molar-refractivity contribution in [2.75, 3.05) is 0 Å². The Morgan fingerprint density at radius 3 is 2.78 bits per heavy atom. The van der Waals surface area contributed by atoms with Crippen molar-refractivity contribution in [1.82, 2.24) is 0 Å². The van der Waals surface area contributed by atoms with Gasteiger partial charge in [-0.1, -0.05) is 11.6 Å². The molecule has 0 bridgehead atoms. The molecule has 2 atom stereocenters. The number of rotatable bonds is 3. The van der Waals surface area contributed by atoms with Crippen molar-refractivity contribution in [3.8, 4) is 5.75 Å². The Balaban J connectivity index is 2.30. The molecule has 2 rings (SSSR count). The van der Waals surface area contributed by atoms with Crippen molar-refractivity contribution < 1.29 is 14.1 Å². The topological polar surface area (TPSA) is 78.4 Å². The van der Waals surface area contributed by atoms with E-state index in [4.69, 9.17) is 22.1 Å². The molecule has 1 aliphatic carbocycles. The zero-order valence-electron chi connectivity index (χ0n) is 9.44. The number of benzene rings is 1. The average Bonchev–Trinajstić information content (AvgIpc) is 2.69. The van der Waals surface area contributed by atoms with Crippen LogP contribution in [-0.4, -0.2) is 17.1 Å². The quantitative estimate of drug-likeness (QED) is 0.679. The van der Waals surface area contributed by atoms with Crippen LogP contribution in [0.2, 0.25) is 5.02 Å². The van der Waals surface area contributed by atoms with Gasteiger partial charge in [-0.2, -0.15) is 0 Å². The van der Waals surface area contributed by atoms with Gasteiger partial charge in [-0.25, -0.2) is 4.39 Å². The number of nitro groups is 1. The second-order valence-corrected chi connectivity index (χ2v) is 4.65. The number of hydrogen-bond donors (Lipinski definition) is 1. The minimum absolute atomic E-state index is 0.121. The summed E-state index contributed by atoms with van der Waals surface area (Å²) >= 11 is 5.52. The van der Waals surface area contributed by atoms with Gasteiger partial charge in [0.05, 0.1) is 9.95 Å². The summed E-state index contributed by atoms with van der Waals surface area (Å²) in [6, 6.07) is 1.71. The lowest BCUT2D eigenvalue weighted by atomic mass is 10.2. The van der Waals surface area contributed by atoms with Crippen LogP contribution in [-0.2, 0) is 0 Å². The van der Waals surface area contributed by atoms with Crippen LogP contribution in [0.1, 0.15) is 19.3 Å². The minimum atomic E-state index is -0.746. The molecule has 0 heterocycles. The van der Waals surface area contributed by atoms with E-state index in [9.17, 15) is 14.5 Å². The predicted molar refractivity (Wildman–Crippen MR) is 64.3 cm³/mol. The van der Waals surface area contributed by atoms with E-state index >= 15 is 0 Å². The van der Waals surface area contributed by atoms with Crippen molar-refractivity contribution >= 4 is 17.3 Å². The van der Waals surface area contributed by atoms with E-state index in [0.717, 1.165) is 25.0 Å². The smallest absolute Gasteiger partial charge is 0.312 e. The summed E-state index contributed by atoms with van der Waals surface area (Å²) in [5.41, 5.74) is 5.46. The molecule has 7 heteroatoms. The molecule has 18 heavy (non-hydrogen) atoms. The summed E-state index contributed by atoms with van der Waals surface area (Å²) in [5, 5.41) is 10.6. The minimum Gasteiger partial charge on any atom is -0.482 e. The van der Waals surface area contributed by atoms with Crippen molar-refractivity contribution in [2.45, 2.75) is 31.4 Å². The molecule has 0 spiro atoms. The van der Waals surface area contributed by atoms with Gasteiger partial charge in [0.2, 0.25) is 0 Å². The van der Waals surface area contributed by atoms with Gasteiger partial charge in [0.25, 0.3) is 0 Å². The summed E-state index contributed by atoms with van der Waals surface area (Å²) in [6.07, 6.45) is 2.09. The van der Waals surface area contributed by atoms with Gasteiger partial charge >= 0.3 is 5.69 Å². The van der Waals surface area contributed by atoms with Crippen molar-refractivity contribution in [1.29, 1.82) is 0 Å². The second-order valence-electron chi connectivity index (χ2n) is 4.24. The number of halogens is 2. The summed E-state index contributed by atoms with van der Waals surface area (Å²) in [7, 11) is 0. The van der Waals surface area contributed by atoms with Crippen LogP contribution in [0.25, 0.3) is 0 Å². The molecule has 1 saturated carbocycles. The number of ether oxygens (including phenoxy) is 1. The Labute approximate surface area is 108 Å². The first-order valence-corrected chi connectivity index (χ1v) is 5.92. The first-order chi connectivity index (χ1) is 8.49. The van der Waals surface area contributed by atoms with E-state index in [1.54, 1.807) is 0 Å². The van der Waals surface area contributed by atoms with Gasteiger partial charge < -0.3 is 10.5 Å². The molecule has 2 N–H and O–H groups in total. The van der Waals surface area contributed by atoms with Crippen molar-refractivity contribution in [2.24, 2.45) is 5.73 Å². The van der Waals surface area contributed by atoms with E-state index in [2.05, 4.69) is 0 Å². The van der Waals surface area contributed by atoms with Crippen LogP contribution in [0.4, 0.5) is 10.1 Å². The van der Waals surface area contributed by atoms with Crippen LogP contribution in [0, 0.1) is 15.9 Å². The molecule has 0 radical (unpaired) electrons. The maximum Gasteiger partial charge on any atom is 0.312 e. The van der Waals surface area contributed by atoms with E-state index in [1.165, 1.54) is 0 Å². The van der Waals surface area contributed by atoms with Crippen molar-refractivity contribution in [3.63, 3.8) is 0 Å². The third-order valence-electron chi connectivity index (χ3n) is 2.98. The summed E-state index contributed by atoms with van der Waals surface area (Å²) in [5.74, 6) is -0.868. The zero-order valence-corrected chi connectivity index (χ0v) is 10.2. The Hall–Kier alpha value is -1.40. The Kier molecular flexibility index (Phi) is 3.68. The number of nitrogens with two attached hydrogens (primary N) is 1. The molecule has 1 aromatic rings. The maximum absolute atomic E-state index is 13.3. The first kappa shape index (κ1) is 13.0. The fourth-order valence-electron chi connectivity index (χ4n) is 2.02. The third kappa shape index (κ3) is 2.54. The molecule has 1 fully saturated rings. The molecule has 0 saturated heterocycles. The molecule has 0 aliphatic heterocycles. The predicted octanol–water partition coefficient (Wildman–Crippen LogP) is 2.65. The largest absolute Gasteiger partial charge is 0.482 e. The molecule has 1 aromatic carbocycles. The van der Waals surface area contributed by atoms with Gasteiger partial charge in [0.1, 0.15) is 11.9 Å². The van der Waals surface area contributed by atoms with E-state index in [-0.39, 0.29) is 28.6 Å². The fourth-order valence-corrected chi connectivity index (χ4v) is 2.18. The Morgan fingerprint density at radius 1 is 1.50 bits per heavy atom. The number of nitro benzene ring substituents is 1. The SMILES string of the molecule is NC1CCCC1Oc1cc(F)c(Cl)cc1[N+](=O)[O-]. The monoisotopic (exact) mass is 274 g/mol. The van der Waals surface area contributed by atoms with Gasteiger partial charge in [-0.3, -0.25) is 10.1 Å². The van der Waals surface area contributed by atoms with E-state index < -0.39 is 10.7 Å². The van der Waals surface area contributed by atoms with Crippen LogP contribution < -0.4 is 10.5 Å². The Morgan fingerprint density at radius 2 is 2.22 bits per heavy atom. The molecule has 0 aromatic heterocycles. The summed E-state index contributed by atoms with van der Waals surface area (Å²) in [4.78, 5) is 10.2. The van der Waals surface area contributed by atoms with Gasteiger partial charge in [0, 0.05) is 18.2 Å². The highest BCUT2D eigenvalue weighted by atomic mass is 35.5. The average molecular weight is 275 g/mol. The molecule has 5 nitrogen and oxygen atoms in total. The first-order valence-electron chi connectivity index (χ1n) is 5.54. The molecular weight excluding hydrogens is 263 g/mol. The number of hydrogen-bond acceptors (Lipinski definition) is 4. The lowest BCUT2D eigenvalue weighted by Gasteiger charge is -2.17. The van der Waals surface area contributed by atoms with Crippen LogP contribution in [0.5, 0.6) is 5.75 Å². The molecule has 1 aliphatic rings. The standard InChI is InChI=1S/C11H12ClFN2O3/c12-6-4-9(15(16)17)11(5-7(6)13)18-10-3-1-2-8(10)14/h4-5,8,10H,1-3,14H2. The molecule has 2 unspecified atom stereocenters. The summed E-state index contributed by atoms with van der Waals surface area (Å²) < 4.78 is 18.8. The van der Waals surface area contributed by atoms with Crippen LogP contribution in [0.15, 0.2) is 12.1 Å². The molecular formula is C11H12ClFN2O3. The normalized spacial score (nSPS) is 23.1. The lowest BCUT2D eigenvalue weighted by Crippen LogP contribution is -2.33. The highest BCUT2D eigenvalue weighted by Crippen LogP contribution is 2.34. The maximum atomic E-state index is 13.3. The zero-order chi connectivity index (χ0) is 13.3. The highest BCUT2D eigenvalue weighted by molar-refractivity contribution is 6.31. The number of nitrogens with zero attached hydrogens (tertiary/aromatic N) is 1. The lowest BCUT2D eigenvalue weighted by molar-refractivity contribution is -0.386. The molecule has 0 amide bonds. The second kappa shape index (κ2) is 5.07. The van der Waals surface area contributed by atoms with Gasteiger partial charge in [-0.15, -0.1) is 0 Å². The van der Waals surface area contributed by atoms with Gasteiger partial charge in [-0.05, 0) is 19.3 Å². The van der Waals surface area contributed by atoms with Crippen LogP contribution >= 0.6 is 11.6 Å². The van der Waals surface area contributed by atoms with Crippen LogP contribution in [0.3, 0.4) is 0 Å². The van der Waals surface area contributed by atoms with Gasteiger partial charge in [0.15, 0.2) is 5.75 Å². The third-order valence-corrected chi connectivity index (χ3v) is 3.27. The van der Waals surface area contributed by atoms with Crippen molar-refractivity contribution in [3.05, 3.63) is 33.1 Å². The Bertz CT molecular complexity index is 484. The fraction of sp³-hybridized carbons (Fsp3) is 0.455. The van der Waals surface area contributed by atoms with E-state index in [0.29, 0.717) is 6.42 Å². The molecule has 98 valence electrons. The highest BCUT2D eigenvalue weighted by Gasteiger charge is 2.29. The van der Waals surface area contributed by atoms with E-state index in [1.807, 2.05) is 0 Å².